The van der Waals surface area contributed by atoms with Crippen molar-refractivity contribution in [2.75, 3.05) is 13.1 Å². The lowest BCUT2D eigenvalue weighted by atomic mass is 9.92. The Morgan fingerprint density at radius 3 is 2.67 bits per heavy atom. The molecule has 1 aromatic heterocycles. The Kier molecular flexibility index (Phi) is 3.52. The Morgan fingerprint density at radius 1 is 1.29 bits per heavy atom. The van der Waals surface area contributed by atoms with E-state index in [4.69, 9.17) is 9.66 Å². The van der Waals surface area contributed by atoms with Crippen molar-refractivity contribution in [3.63, 3.8) is 0 Å². The molecule has 0 bridgehead atoms. The molecule has 24 heavy (non-hydrogen) atoms. The molecule has 2 aliphatic rings. The first-order valence-corrected chi connectivity index (χ1v) is 9.57. The number of aryl methyl sites for hydroxylation is 1. The normalized spacial score (nSPS) is 23.5. The number of benzene rings is 1. The van der Waals surface area contributed by atoms with Crippen LogP contribution in [0.25, 0.3) is 11.5 Å². The van der Waals surface area contributed by atoms with E-state index < -0.39 is 10.2 Å². The number of hydrogen-bond donors (Lipinski definition) is 1. The Balaban J connectivity index is 1.49. The quantitative estimate of drug-likeness (QED) is 0.911. The minimum atomic E-state index is -3.58. The van der Waals surface area contributed by atoms with Gasteiger partial charge in [0.25, 0.3) is 16.1 Å². The summed E-state index contributed by atoms with van der Waals surface area (Å²) in [6.07, 6.45) is 2.57. The largest absolute Gasteiger partial charge is 0.334 e. The smallest absolute Gasteiger partial charge is 0.276 e. The fourth-order valence-corrected chi connectivity index (χ4v) is 4.44. The second kappa shape index (κ2) is 5.37. The second-order valence-electron chi connectivity index (χ2n) is 6.84. The van der Waals surface area contributed by atoms with Gasteiger partial charge in [-0.1, -0.05) is 23.4 Å². The third-order valence-electron chi connectivity index (χ3n) is 5.40. The summed E-state index contributed by atoms with van der Waals surface area (Å²) < 4.78 is 29.7. The van der Waals surface area contributed by atoms with Crippen LogP contribution in [-0.2, 0) is 10.2 Å². The maximum Gasteiger partial charge on any atom is 0.276 e. The summed E-state index contributed by atoms with van der Waals surface area (Å²) in [7, 11) is -3.58. The second-order valence-corrected chi connectivity index (χ2v) is 8.38. The van der Waals surface area contributed by atoms with Crippen LogP contribution in [-0.4, -0.2) is 36.0 Å². The molecule has 7 nitrogen and oxygen atoms in total. The van der Waals surface area contributed by atoms with Crippen molar-refractivity contribution in [3.05, 3.63) is 35.7 Å². The predicted octanol–water partition coefficient (Wildman–Crippen LogP) is 1.82. The van der Waals surface area contributed by atoms with Crippen molar-refractivity contribution < 1.29 is 12.9 Å². The highest BCUT2D eigenvalue weighted by Gasteiger charge is 2.58. The number of nitrogens with two attached hydrogens (primary N) is 1. The van der Waals surface area contributed by atoms with Gasteiger partial charge in [-0.15, -0.1) is 0 Å². The first-order valence-electron chi connectivity index (χ1n) is 8.07. The van der Waals surface area contributed by atoms with Gasteiger partial charge in [0.05, 0.1) is 0 Å². The fraction of sp³-hybridized carbons (Fsp3) is 0.500. The van der Waals surface area contributed by atoms with Gasteiger partial charge in [-0.3, -0.25) is 0 Å². The summed E-state index contributed by atoms with van der Waals surface area (Å²) in [5.74, 6) is 1.53. The van der Waals surface area contributed by atoms with E-state index in [9.17, 15) is 8.42 Å². The molecule has 4 rings (SSSR count). The van der Waals surface area contributed by atoms with E-state index in [1.807, 2.05) is 31.2 Å². The highest BCUT2D eigenvalue weighted by Crippen LogP contribution is 2.64. The van der Waals surface area contributed by atoms with Crippen LogP contribution < -0.4 is 5.14 Å². The average Bonchev–Trinajstić information content (AvgIpc) is 3.02. The third-order valence-corrected chi connectivity index (χ3v) is 6.48. The van der Waals surface area contributed by atoms with Crippen molar-refractivity contribution >= 4 is 10.2 Å². The summed E-state index contributed by atoms with van der Waals surface area (Å²) in [6, 6.07) is 7.92. The van der Waals surface area contributed by atoms with Crippen LogP contribution in [0.5, 0.6) is 0 Å². The van der Waals surface area contributed by atoms with Crippen LogP contribution in [0.1, 0.15) is 36.6 Å². The lowest BCUT2D eigenvalue weighted by molar-refractivity contribution is 0.249. The zero-order valence-corrected chi connectivity index (χ0v) is 14.3. The molecule has 2 aromatic rings. The highest BCUT2D eigenvalue weighted by atomic mass is 32.2. The van der Waals surface area contributed by atoms with E-state index in [1.54, 1.807) is 0 Å². The van der Waals surface area contributed by atoms with Gasteiger partial charge < -0.3 is 4.52 Å². The summed E-state index contributed by atoms with van der Waals surface area (Å²) >= 11 is 0. The van der Waals surface area contributed by atoms with Gasteiger partial charge in [0.1, 0.15) is 0 Å². The Bertz CT molecular complexity index is 869. The molecule has 0 amide bonds. The standard InChI is InChI=1S/C16H20N4O3S/c1-11-4-2-3-5-12(11)15-18-14(19-23-15)13-10-16(13)6-8-20(9-7-16)24(17,21)22/h2-5,13H,6-10H2,1H3,(H2,17,21,22)/t13-/m0/s1. The molecule has 8 heteroatoms. The van der Waals surface area contributed by atoms with E-state index in [0.717, 1.165) is 36.2 Å². The van der Waals surface area contributed by atoms with E-state index in [1.165, 1.54) is 4.31 Å². The van der Waals surface area contributed by atoms with Crippen molar-refractivity contribution in [2.24, 2.45) is 10.6 Å². The van der Waals surface area contributed by atoms with E-state index in [-0.39, 0.29) is 11.3 Å². The minimum Gasteiger partial charge on any atom is -0.334 e. The van der Waals surface area contributed by atoms with Crippen molar-refractivity contribution in [2.45, 2.75) is 32.1 Å². The number of rotatable bonds is 3. The van der Waals surface area contributed by atoms with Crippen molar-refractivity contribution in [1.29, 1.82) is 0 Å². The molecule has 2 fully saturated rings. The van der Waals surface area contributed by atoms with Crippen LogP contribution in [0.4, 0.5) is 0 Å². The summed E-state index contributed by atoms with van der Waals surface area (Å²) in [5.41, 5.74) is 2.16. The lowest BCUT2D eigenvalue weighted by Crippen LogP contribution is -2.43. The molecule has 1 aromatic carbocycles. The molecule has 1 saturated heterocycles. The van der Waals surface area contributed by atoms with Crippen molar-refractivity contribution in [1.82, 2.24) is 14.4 Å². The zero-order chi connectivity index (χ0) is 16.9. The Labute approximate surface area is 141 Å². The van der Waals surface area contributed by atoms with E-state index in [0.29, 0.717) is 19.0 Å². The molecular formula is C16H20N4O3S. The third kappa shape index (κ3) is 2.64. The molecular weight excluding hydrogens is 328 g/mol. The monoisotopic (exact) mass is 348 g/mol. The molecule has 1 saturated carbocycles. The maximum absolute atomic E-state index is 11.4. The van der Waals surface area contributed by atoms with E-state index >= 15 is 0 Å². The number of hydrogen-bond acceptors (Lipinski definition) is 5. The van der Waals surface area contributed by atoms with Crippen LogP contribution in [0.3, 0.4) is 0 Å². The number of piperidine rings is 1. The molecule has 2 N–H and O–H groups in total. The van der Waals surface area contributed by atoms with E-state index in [2.05, 4.69) is 10.1 Å². The van der Waals surface area contributed by atoms with Crippen LogP contribution in [0.2, 0.25) is 0 Å². The molecule has 0 radical (unpaired) electrons. The van der Waals surface area contributed by atoms with Gasteiger partial charge in [0, 0.05) is 24.6 Å². The molecule has 1 atom stereocenters. The molecule has 1 spiro atoms. The topological polar surface area (TPSA) is 102 Å². The average molecular weight is 348 g/mol. The molecule has 1 aliphatic heterocycles. The van der Waals surface area contributed by atoms with Crippen LogP contribution in [0, 0.1) is 12.3 Å². The van der Waals surface area contributed by atoms with Gasteiger partial charge in [0.15, 0.2) is 5.82 Å². The SMILES string of the molecule is Cc1ccccc1-c1nc([C@@H]2CC23CCN(S(N)(=O)=O)CC3)no1. The minimum absolute atomic E-state index is 0.105. The zero-order valence-electron chi connectivity index (χ0n) is 13.5. The number of nitrogens with zero attached hydrogens (tertiary/aromatic N) is 3. The Morgan fingerprint density at radius 2 is 2.00 bits per heavy atom. The summed E-state index contributed by atoms with van der Waals surface area (Å²) in [4.78, 5) is 4.59. The molecule has 128 valence electrons. The summed E-state index contributed by atoms with van der Waals surface area (Å²) in [6.45, 7) is 2.95. The predicted molar refractivity (Wildman–Crippen MR) is 88.2 cm³/mol. The molecule has 2 heterocycles. The number of aromatic nitrogens is 2. The van der Waals surface area contributed by atoms with Gasteiger partial charge in [-0.25, -0.2) is 5.14 Å². The summed E-state index contributed by atoms with van der Waals surface area (Å²) in [5, 5.41) is 9.38. The first kappa shape index (κ1) is 15.7. The fourth-order valence-electron chi connectivity index (χ4n) is 3.75. The maximum atomic E-state index is 11.4. The lowest BCUT2D eigenvalue weighted by Gasteiger charge is -2.30. The first-order chi connectivity index (χ1) is 11.4. The molecule has 0 unspecified atom stereocenters. The van der Waals surface area contributed by atoms with Gasteiger partial charge in [-0.05, 0) is 43.2 Å². The molecule has 1 aliphatic carbocycles. The highest BCUT2D eigenvalue weighted by molar-refractivity contribution is 7.86. The van der Waals surface area contributed by atoms with Crippen molar-refractivity contribution in [3.8, 4) is 11.5 Å². The Hall–Kier alpha value is -1.77. The van der Waals surface area contributed by atoms with Gasteiger partial charge in [0.2, 0.25) is 0 Å². The van der Waals surface area contributed by atoms with Gasteiger partial charge >= 0.3 is 0 Å². The van der Waals surface area contributed by atoms with Crippen LogP contribution in [0.15, 0.2) is 28.8 Å². The van der Waals surface area contributed by atoms with Gasteiger partial charge in [-0.2, -0.15) is 17.7 Å². The van der Waals surface area contributed by atoms with Crippen LogP contribution >= 0.6 is 0 Å².